The molecule has 6 nitrogen and oxygen atoms in total. The maximum atomic E-state index is 13.5. The fourth-order valence-corrected chi connectivity index (χ4v) is 2.72. The van der Waals surface area contributed by atoms with Crippen LogP contribution in [0.25, 0.3) is 0 Å². The van der Waals surface area contributed by atoms with Crippen LogP contribution in [0.5, 0.6) is 5.75 Å². The number of carbonyl (C=O) groups excluding carboxylic acids is 1. The van der Waals surface area contributed by atoms with Crippen molar-refractivity contribution in [3.63, 3.8) is 0 Å². The lowest BCUT2D eigenvalue weighted by Crippen LogP contribution is -2.16. The summed E-state index contributed by atoms with van der Waals surface area (Å²) in [7, 11) is -4.12. The predicted octanol–water partition coefficient (Wildman–Crippen LogP) is 1.43. The van der Waals surface area contributed by atoms with Crippen molar-refractivity contribution < 1.29 is 22.7 Å². The summed E-state index contributed by atoms with van der Waals surface area (Å²) >= 11 is 0. The van der Waals surface area contributed by atoms with Gasteiger partial charge in [-0.2, -0.15) is 0 Å². The molecule has 0 unspecified atom stereocenters. The first-order valence-electron chi connectivity index (χ1n) is 5.71. The Morgan fingerprint density at radius 3 is 2.48 bits per heavy atom. The number of carbonyl (C=O) groups is 1. The number of sulfonamides is 1. The van der Waals surface area contributed by atoms with Gasteiger partial charge in [-0.25, -0.2) is 12.8 Å². The van der Waals surface area contributed by atoms with E-state index in [4.69, 9.17) is 5.73 Å². The molecule has 8 heteroatoms. The third-order valence-corrected chi connectivity index (χ3v) is 4.03. The number of aromatic hydroxyl groups is 1. The van der Waals surface area contributed by atoms with Gasteiger partial charge in [0.25, 0.3) is 15.9 Å². The van der Waals surface area contributed by atoms with Crippen LogP contribution in [0.3, 0.4) is 0 Å². The second-order valence-corrected chi connectivity index (χ2v) is 5.81. The topological polar surface area (TPSA) is 109 Å². The van der Waals surface area contributed by atoms with Crippen molar-refractivity contribution in [3.05, 3.63) is 53.8 Å². The number of nitrogens with one attached hydrogen (secondary N) is 1. The Morgan fingerprint density at radius 2 is 1.86 bits per heavy atom. The first-order chi connectivity index (χ1) is 9.81. The number of halogens is 1. The number of para-hydroxylation sites is 1. The summed E-state index contributed by atoms with van der Waals surface area (Å²) in [6.07, 6.45) is 0. The molecule has 0 aliphatic heterocycles. The van der Waals surface area contributed by atoms with Gasteiger partial charge in [0, 0.05) is 0 Å². The lowest BCUT2D eigenvalue weighted by Gasteiger charge is -2.10. The molecule has 1 amide bonds. The summed E-state index contributed by atoms with van der Waals surface area (Å²) in [5.41, 5.74) is 4.46. The quantitative estimate of drug-likeness (QED) is 0.793. The molecule has 2 aromatic rings. The summed E-state index contributed by atoms with van der Waals surface area (Å²) < 4.78 is 39.8. The highest BCUT2D eigenvalue weighted by Gasteiger charge is 2.19. The molecule has 0 aromatic heterocycles. The van der Waals surface area contributed by atoms with Gasteiger partial charge in [-0.15, -0.1) is 0 Å². The van der Waals surface area contributed by atoms with Crippen molar-refractivity contribution in [2.45, 2.75) is 4.90 Å². The van der Waals surface area contributed by atoms with Gasteiger partial charge >= 0.3 is 0 Å². The van der Waals surface area contributed by atoms with Gasteiger partial charge in [0.2, 0.25) is 0 Å². The van der Waals surface area contributed by atoms with Gasteiger partial charge < -0.3 is 10.8 Å². The van der Waals surface area contributed by atoms with E-state index in [1.807, 2.05) is 0 Å². The van der Waals surface area contributed by atoms with Gasteiger partial charge in [-0.1, -0.05) is 12.1 Å². The van der Waals surface area contributed by atoms with Gasteiger partial charge in [-0.05, 0) is 30.3 Å². The molecule has 0 bridgehead atoms. The number of benzene rings is 2. The number of anilines is 1. The molecule has 0 spiro atoms. The average Bonchev–Trinajstić information content (AvgIpc) is 2.41. The number of rotatable bonds is 4. The molecule has 21 heavy (non-hydrogen) atoms. The lowest BCUT2D eigenvalue weighted by molar-refractivity contribution is 0.0997. The highest BCUT2D eigenvalue weighted by atomic mass is 32.2. The monoisotopic (exact) mass is 310 g/mol. The summed E-state index contributed by atoms with van der Waals surface area (Å²) in [5.74, 6) is -2.15. The van der Waals surface area contributed by atoms with Crippen LogP contribution < -0.4 is 10.5 Å². The van der Waals surface area contributed by atoms with Gasteiger partial charge in [-0.3, -0.25) is 9.52 Å². The van der Waals surface area contributed by atoms with E-state index in [0.29, 0.717) is 0 Å². The van der Waals surface area contributed by atoms with E-state index in [-0.39, 0.29) is 16.1 Å². The van der Waals surface area contributed by atoms with Crippen molar-refractivity contribution in [3.8, 4) is 5.75 Å². The summed E-state index contributed by atoms with van der Waals surface area (Å²) in [6, 6.07) is 8.25. The lowest BCUT2D eigenvalue weighted by atomic mass is 10.2. The van der Waals surface area contributed by atoms with E-state index in [9.17, 15) is 22.7 Å². The number of nitrogens with two attached hydrogens (primary N) is 1. The highest BCUT2D eigenvalue weighted by molar-refractivity contribution is 7.92. The Labute approximate surface area is 120 Å². The minimum Gasteiger partial charge on any atom is -0.507 e. The number of hydrogen-bond donors (Lipinski definition) is 3. The molecule has 0 saturated carbocycles. The zero-order chi connectivity index (χ0) is 15.6. The molecule has 0 fully saturated rings. The SMILES string of the molecule is NC(=O)c1cc(S(=O)(=O)Nc2ccccc2F)ccc1O. The standard InChI is InChI=1S/C13H11FN2O4S/c14-10-3-1-2-4-11(10)16-21(19,20)8-5-6-12(17)9(7-8)13(15)18/h1-7,16-17H,(H2,15,18). The molecular weight excluding hydrogens is 299 g/mol. The van der Waals surface area contributed by atoms with Gasteiger partial charge in [0.1, 0.15) is 11.6 Å². The van der Waals surface area contributed by atoms with E-state index < -0.39 is 27.5 Å². The van der Waals surface area contributed by atoms with Crippen molar-refractivity contribution >= 4 is 21.6 Å². The minimum atomic E-state index is -4.12. The Balaban J connectivity index is 2.43. The van der Waals surface area contributed by atoms with Crippen LogP contribution in [-0.2, 0) is 10.0 Å². The maximum absolute atomic E-state index is 13.5. The molecule has 2 aromatic carbocycles. The predicted molar refractivity (Wildman–Crippen MR) is 73.8 cm³/mol. The smallest absolute Gasteiger partial charge is 0.262 e. The fraction of sp³-hybridized carbons (Fsp3) is 0. The van der Waals surface area contributed by atoms with Crippen LogP contribution in [0.1, 0.15) is 10.4 Å². The molecule has 0 aliphatic carbocycles. The number of hydrogen-bond acceptors (Lipinski definition) is 4. The van der Waals surface area contributed by atoms with Gasteiger partial charge in [0.15, 0.2) is 0 Å². The second kappa shape index (κ2) is 5.41. The molecule has 110 valence electrons. The summed E-state index contributed by atoms with van der Waals surface area (Å²) in [6.45, 7) is 0. The van der Waals surface area contributed by atoms with Crippen LogP contribution in [0.2, 0.25) is 0 Å². The first kappa shape index (κ1) is 14.8. The first-order valence-corrected chi connectivity index (χ1v) is 7.20. The third-order valence-electron chi connectivity index (χ3n) is 2.66. The number of primary amides is 1. The number of phenols is 1. The van der Waals surface area contributed by atoms with E-state index in [2.05, 4.69) is 4.72 Å². The Morgan fingerprint density at radius 1 is 1.19 bits per heavy atom. The highest BCUT2D eigenvalue weighted by Crippen LogP contribution is 2.23. The Bertz CT molecular complexity index is 806. The van der Waals surface area contributed by atoms with Crippen LogP contribution >= 0.6 is 0 Å². The maximum Gasteiger partial charge on any atom is 0.262 e. The largest absolute Gasteiger partial charge is 0.507 e. The molecule has 0 radical (unpaired) electrons. The Hall–Kier alpha value is -2.61. The second-order valence-electron chi connectivity index (χ2n) is 4.13. The van der Waals surface area contributed by atoms with Crippen molar-refractivity contribution in [1.82, 2.24) is 0 Å². The number of amides is 1. The van der Waals surface area contributed by atoms with Crippen molar-refractivity contribution in [1.29, 1.82) is 0 Å². The average molecular weight is 310 g/mol. The zero-order valence-corrected chi connectivity index (χ0v) is 11.4. The van der Waals surface area contributed by atoms with E-state index in [1.165, 1.54) is 18.2 Å². The van der Waals surface area contributed by atoms with Crippen LogP contribution in [0.4, 0.5) is 10.1 Å². The van der Waals surface area contributed by atoms with Crippen LogP contribution in [0, 0.1) is 5.82 Å². The van der Waals surface area contributed by atoms with E-state index in [0.717, 1.165) is 24.3 Å². The molecule has 0 heterocycles. The Kier molecular flexibility index (Phi) is 3.81. The third kappa shape index (κ3) is 3.11. The zero-order valence-electron chi connectivity index (χ0n) is 10.6. The van der Waals surface area contributed by atoms with E-state index >= 15 is 0 Å². The molecule has 0 aliphatic rings. The molecular formula is C13H11FN2O4S. The fourth-order valence-electron chi connectivity index (χ4n) is 1.63. The van der Waals surface area contributed by atoms with Crippen LogP contribution in [-0.4, -0.2) is 19.4 Å². The summed E-state index contributed by atoms with van der Waals surface area (Å²) in [5, 5.41) is 9.43. The molecule has 4 N–H and O–H groups in total. The van der Waals surface area contributed by atoms with E-state index in [1.54, 1.807) is 0 Å². The van der Waals surface area contributed by atoms with Gasteiger partial charge in [0.05, 0.1) is 16.1 Å². The minimum absolute atomic E-state index is 0.230. The molecule has 0 saturated heterocycles. The normalized spacial score (nSPS) is 11.1. The summed E-state index contributed by atoms with van der Waals surface area (Å²) in [4.78, 5) is 10.8. The van der Waals surface area contributed by atoms with Crippen molar-refractivity contribution in [2.24, 2.45) is 5.73 Å². The van der Waals surface area contributed by atoms with Crippen molar-refractivity contribution in [2.75, 3.05) is 4.72 Å². The molecule has 0 atom stereocenters. The molecule has 2 rings (SSSR count). The van der Waals surface area contributed by atoms with Crippen LogP contribution in [0.15, 0.2) is 47.4 Å².